The molecule has 0 amide bonds. The van der Waals surface area contributed by atoms with Crippen molar-refractivity contribution < 1.29 is 5.11 Å². The number of hydrogen-bond acceptors (Lipinski definition) is 2. The van der Waals surface area contributed by atoms with E-state index in [1.54, 1.807) is 6.20 Å². The monoisotopic (exact) mass is 258 g/mol. The summed E-state index contributed by atoms with van der Waals surface area (Å²) < 4.78 is 2.09. The standard InChI is InChI=1S/C16H22N2O/c1-3-10-16(19,14-8-6-5-7-9-14)13-15-17-11-12-18(15)4-2/h5-9,11-12,19H,3-4,10,13H2,1-2H3. The highest BCUT2D eigenvalue weighted by molar-refractivity contribution is 5.23. The Bertz CT molecular complexity index is 506. The zero-order valence-corrected chi connectivity index (χ0v) is 11.7. The smallest absolute Gasteiger partial charge is 0.111 e. The van der Waals surface area contributed by atoms with Gasteiger partial charge in [0.25, 0.3) is 0 Å². The zero-order valence-electron chi connectivity index (χ0n) is 11.7. The SMILES string of the molecule is CCCC(O)(Cc1nccn1CC)c1ccccc1. The second-order valence-corrected chi connectivity index (χ2v) is 4.95. The first-order valence-electron chi connectivity index (χ1n) is 6.97. The molecule has 0 saturated carbocycles. The molecule has 1 atom stereocenters. The molecular weight excluding hydrogens is 236 g/mol. The fraction of sp³-hybridized carbons (Fsp3) is 0.438. The summed E-state index contributed by atoms with van der Waals surface area (Å²) >= 11 is 0. The molecule has 3 nitrogen and oxygen atoms in total. The van der Waals surface area contributed by atoms with Gasteiger partial charge in [-0.05, 0) is 18.9 Å². The molecule has 0 fully saturated rings. The Labute approximate surface area is 114 Å². The topological polar surface area (TPSA) is 38.1 Å². The molecule has 0 aliphatic rings. The zero-order chi connectivity index (χ0) is 13.7. The minimum absolute atomic E-state index is 0.561. The van der Waals surface area contributed by atoms with Crippen molar-refractivity contribution in [3.63, 3.8) is 0 Å². The van der Waals surface area contributed by atoms with Gasteiger partial charge in [0.1, 0.15) is 5.82 Å². The average Bonchev–Trinajstić information content (AvgIpc) is 2.87. The van der Waals surface area contributed by atoms with Crippen LogP contribution >= 0.6 is 0 Å². The largest absolute Gasteiger partial charge is 0.385 e. The maximum absolute atomic E-state index is 11.0. The van der Waals surface area contributed by atoms with Crippen LogP contribution in [0, 0.1) is 0 Å². The molecule has 0 aliphatic heterocycles. The first-order chi connectivity index (χ1) is 9.19. The van der Waals surface area contributed by atoms with Gasteiger partial charge in [-0.2, -0.15) is 0 Å². The molecule has 1 unspecified atom stereocenters. The van der Waals surface area contributed by atoms with Gasteiger partial charge < -0.3 is 9.67 Å². The van der Waals surface area contributed by atoms with Crippen LogP contribution in [0.25, 0.3) is 0 Å². The third-order valence-electron chi connectivity index (χ3n) is 3.57. The molecule has 1 N–H and O–H groups in total. The van der Waals surface area contributed by atoms with Gasteiger partial charge in [0.2, 0.25) is 0 Å². The quantitative estimate of drug-likeness (QED) is 0.864. The van der Waals surface area contributed by atoms with Crippen molar-refractivity contribution in [2.45, 2.75) is 45.3 Å². The summed E-state index contributed by atoms with van der Waals surface area (Å²) in [7, 11) is 0. The van der Waals surface area contributed by atoms with Crippen LogP contribution in [-0.4, -0.2) is 14.7 Å². The Kier molecular flexibility index (Phi) is 4.38. The maximum atomic E-state index is 11.0. The molecule has 2 aromatic rings. The normalized spacial score (nSPS) is 14.3. The fourth-order valence-electron chi connectivity index (χ4n) is 2.55. The molecule has 2 rings (SSSR count). The summed E-state index contributed by atoms with van der Waals surface area (Å²) in [5, 5.41) is 11.0. The minimum Gasteiger partial charge on any atom is -0.385 e. The number of aliphatic hydroxyl groups is 1. The average molecular weight is 258 g/mol. The molecule has 0 saturated heterocycles. The summed E-state index contributed by atoms with van der Waals surface area (Å²) in [5.74, 6) is 0.947. The summed E-state index contributed by atoms with van der Waals surface area (Å²) in [6.45, 7) is 5.07. The molecule has 1 aromatic carbocycles. The Morgan fingerprint density at radius 2 is 1.95 bits per heavy atom. The highest BCUT2D eigenvalue weighted by Gasteiger charge is 2.30. The van der Waals surface area contributed by atoms with Gasteiger partial charge in [-0.1, -0.05) is 43.7 Å². The third-order valence-corrected chi connectivity index (χ3v) is 3.57. The lowest BCUT2D eigenvalue weighted by atomic mass is 9.86. The van der Waals surface area contributed by atoms with Crippen LogP contribution in [0.1, 0.15) is 38.1 Å². The van der Waals surface area contributed by atoms with Crippen molar-refractivity contribution in [1.82, 2.24) is 9.55 Å². The van der Waals surface area contributed by atoms with E-state index in [-0.39, 0.29) is 0 Å². The number of benzene rings is 1. The maximum Gasteiger partial charge on any atom is 0.111 e. The number of imidazole rings is 1. The Balaban J connectivity index is 2.30. The first-order valence-corrected chi connectivity index (χ1v) is 6.97. The van der Waals surface area contributed by atoms with Crippen molar-refractivity contribution in [3.05, 3.63) is 54.1 Å². The number of aromatic nitrogens is 2. The lowest BCUT2D eigenvalue weighted by molar-refractivity contribution is 0.0241. The van der Waals surface area contributed by atoms with Gasteiger partial charge in [0.15, 0.2) is 0 Å². The van der Waals surface area contributed by atoms with E-state index in [2.05, 4.69) is 23.4 Å². The lowest BCUT2D eigenvalue weighted by Gasteiger charge is -2.28. The second kappa shape index (κ2) is 6.02. The van der Waals surface area contributed by atoms with Crippen LogP contribution in [0.4, 0.5) is 0 Å². The summed E-state index contributed by atoms with van der Waals surface area (Å²) in [6.07, 6.45) is 6.01. The van der Waals surface area contributed by atoms with E-state index in [0.717, 1.165) is 30.8 Å². The van der Waals surface area contributed by atoms with E-state index in [4.69, 9.17) is 0 Å². The number of aryl methyl sites for hydroxylation is 1. The van der Waals surface area contributed by atoms with Crippen molar-refractivity contribution >= 4 is 0 Å². The van der Waals surface area contributed by atoms with Gasteiger partial charge >= 0.3 is 0 Å². The van der Waals surface area contributed by atoms with Crippen molar-refractivity contribution in [1.29, 1.82) is 0 Å². The highest BCUT2D eigenvalue weighted by Crippen LogP contribution is 2.30. The first kappa shape index (κ1) is 13.8. The number of nitrogens with zero attached hydrogens (tertiary/aromatic N) is 2. The third kappa shape index (κ3) is 3.04. The summed E-state index contributed by atoms with van der Waals surface area (Å²) in [4.78, 5) is 4.38. The van der Waals surface area contributed by atoms with E-state index < -0.39 is 5.60 Å². The Morgan fingerprint density at radius 3 is 2.58 bits per heavy atom. The van der Waals surface area contributed by atoms with Gasteiger partial charge in [-0.15, -0.1) is 0 Å². The van der Waals surface area contributed by atoms with Crippen LogP contribution < -0.4 is 0 Å². The van der Waals surface area contributed by atoms with Crippen molar-refractivity contribution in [3.8, 4) is 0 Å². The van der Waals surface area contributed by atoms with Gasteiger partial charge in [0, 0.05) is 25.4 Å². The molecule has 0 aliphatic carbocycles. The number of rotatable bonds is 6. The van der Waals surface area contributed by atoms with E-state index in [0.29, 0.717) is 6.42 Å². The fourth-order valence-corrected chi connectivity index (χ4v) is 2.55. The molecule has 0 radical (unpaired) electrons. The van der Waals surface area contributed by atoms with Gasteiger partial charge in [-0.25, -0.2) is 4.98 Å². The van der Waals surface area contributed by atoms with Crippen LogP contribution in [0.5, 0.6) is 0 Å². The Hall–Kier alpha value is -1.61. The molecule has 1 heterocycles. The molecule has 0 spiro atoms. The van der Waals surface area contributed by atoms with Crippen molar-refractivity contribution in [2.24, 2.45) is 0 Å². The van der Waals surface area contributed by atoms with Crippen LogP contribution in [0.15, 0.2) is 42.7 Å². The van der Waals surface area contributed by atoms with Crippen molar-refractivity contribution in [2.75, 3.05) is 0 Å². The van der Waals surface area contributed by atoms with E-state index in [9.17, 15) is 5.11 Å². The predicted octanol–water partition coefficient (Wildman–Crippen LogP) is 3.13. The molecule has 1 aromatic heterocycles. The molecule has 102 valence electrons. The molecule has 3 heteroatoms. The number of hydrogen-bond donors (Lipinski definition) is 1. The van der Waals surface area contributed by atoms with E-state index >= 15 is 0 Å². The highest BCUT2D eigenvalue weighted by atomic mass is 16.3. The predicted molar refractivity (Wildman–Crippen MR) is 76.9 cm³/mol. The van der Waals surface area contributed by atoms with Crippen LogP contribution in [0.2, 0.25) is 0 Å². The van der Waals surface area contributed by atoms with Crippen LogP contribution in [0.3, 0.4) is 0 Å². The van der Waals surface area contributed by atoms with E-state index in [1.165, 1.54) is 0 Å². The van der Waals surface area contributed by atoms with Gasteiger partial charge in [0.05, 0.1) is 5.60 Å². The van der Waals surface area contributed by atoms with E-state index in [1.807, 2.05) is 36.5 Å². The Morgan fingerprint density at radius 1 is 1.21 bits per heavy atom. The summed E-state index contributed by atoms with van der Waals surface area (Å²) in [5.41, 5.74) is 0.149. The van der Waals surface area contributed by atoms with Gasteiger partial charge in [-0.3, -0.25) is 0 Å². The lowest BCUT2D eigenvalue weighted by Crippen LogP contribution is -2.30. The minimum atomic E-state index is -0.825. The molecule has 0 bridgehead atoms. The molecule has 19 heavy (non-hydrogen) atoms. The molecular formula is C16H22N2O. The second-order valence-electron chi connectivity index (χ2n) is 4.95. The summed E-state index contributed by atoms with van der Waals surface area (Å²) in [6, 6.07) is 9.91. The van der Waals surface area contributed by atoms with Crippen LogP contribution in [-0.2, 0) is 18.6 Å².